The van der Waals surface area contributed by atoms with Gasteiger partial charge in [-0.15, -0.1) is 0 Å². The summed E-state index contributed by atoms with van der Waals surface area (Å²) in [7, 11) is 1.70. The minimum absolute atomic E-state index is 0.434. The van der Waals surface area contributed by atoms with Gasteiger partial charge in [0.15, 0.2) is 0 Å². The second kappa shape index (κ2) is 6.66. The number of aromatic nitrogens is 2. The molecule has 0 spiro atoms. The maximum Gasteiger partial charge on any atom is 0.137 e. The highest BCUT2D eigenvalue weighted by atomic mass is 35.5. The van der Waals surface area contributed by atoms with Crippen LogP contribution in [-0.4, -0.2) is 30.2 Å². The summed E-state index contributed by atoms with van der Waals surface area (Å²) in [6, 6.07) is 0. The molecule has 0 amide bonds. The lowest BCUT2D eigenvalue weighted by Gasteiger charge is -2.14. The SMILES string of the molecule is CCc1c(Cl)ncnc1NCC(C)COC. The molecule has 1 aromatic heterocycles. The van der Waals surface area contributed by atoms with Crippen LogP contribution in [-0.2, 0) is 11.2 Å². The van der Waals surface area contributed by atoms with Crippen LogP contribution in [0.15, 0.2) is 6.33 Å². The zero-order chi connectivity index (χ0) is 12.0. The summed E-state index contributed by atoms with van der Waals surface area (Å²) in [4.78, 5) is 8.16. The van der Waals surface area contributed by atoms with Gasteiger partial charge in [0.05, 0.1) is 6.61 Å². The Hall–Kier alpha value is -0.870. The average Bonchev–Trinajstić information content (AvgIpc) is 2.27. The molecule has 1 heterocycles. The number of nitrogens with one attached hydrogen (secondary N) is 1. The van der Waals surface area contributed by atoms with E-state index in [1.165, 1.54) is 6.33 Å². The number of hydrogen-bond donors (Lipinski definition) is 1. The quantitative estimate of drug-likeness (QED) is 0.780. The van der Waals surface area contributed by atoms with Crippen molar-refractivity contribution in [1.29, 1.82) is 0 Å². The first kappa shape index (κ1) is 13.2. The molecular weight excluding hydrogens is 226 g/mol. The van der Waals surface area contributed by atoms with Crippen LogP contribution >= 0.6 is 11.6 Å². The molecule has 1 atom stereocenters. The standard InChI is InChI=1S/C11H18ClN3O/c1-4-9-10(12)14-7-15-11(9)13-5-8(2)6-16-3/h7-8H,4-6H2,1-3H3,(H,13,14,15). The molecule has 0 aromatic carbocycles. The first-order valence-electron chi connectivity index (χ1n) is 5.41. The van der Waals surface area contributed by atoms with Gasteiger partial charge in [0.1, 0.15) is 17.3 Å². The van der Waals surface area contributed by atoms with Gasteiger partial charge in [0.2, 0.25) is 0 Å². The van der Waals surface area contributed by atoms with E-state index in [0.29, 0.717) is 11.1 Å². The molecule has 90 valence electrons. The molecular formula is C11H18ClN3O. The predicted octanol–water partition coefficient (Wildman–Crippen LogP) is 2.39. The summed E-state index contributed by atoms with van der Waals surface area (Å²) in [5.41, 5.74) is 0.966. The van der Waals surface area contributed by atoms with Gasteiger partial charge in [-0.1, -0.05) is 25.4 Å². The topological polar surface area (TPSA) is 47.0 Å². The highest BCUT2D eigenvalue weighted by molar-refractivity contribution is 6.30. The summed E-state index contributed by atoms with van der Waals surface area (Å²) < 4.78 is 5.07. The van der Waals surface area contributed by atoms with Gasteiger partial charge in [0, 0.05) is 19.2 Å². The van der Waals surface area contributed by atoms with E-state index in [1.54, 1.807) is 7.11 Å². The van der Waals surface area contributed by atoms with Crippen LogP contribution in [0, 0.1) is 5.92 Å². The molecule has 0 fully saturated rings. The van der Waals surface area contributed by atoms with Crippen LogP contribution in [0.3, 0.4) is 0 Å². The fourth-order valence-electron chi connectivity index (χ4n) is 1.47. The molecule has 1 unspecified atom stereocenters. The molecule has 0 saturated carbocycles. The molecule has 0 radical (unpaired) electrons. The van der Waals surface area contributed by atoms with Crippen molar-refractivity contribution in [2.24, 2.45) is 5.92 Å². The number of methoxy groups -OCH3 is 1. The molecule has 0 bridgehead atoms. The Morgan fingerprint density at radius 2 is 2.25 bits per heavy atom. The van der Waals surface area contributed by atoms with Crippen molar-refractivity contribution in [2.75, 3.05) is 25.6 Å². The van der Waals surface area contributed by atoms with Gasteiger partial charge in [0.25, 0.3) is 0 Å². The number of ether oxygens (including phenoxy) is 1. The van der Waals surface area contributed by atoms with Crippen LogP contribution < -0.4 is 5.32 Å². The van der Waals surface area contributed by atoms with Crippen LogP contribution in [0.2, 0.25) is 5.15 Å². The summed E-state index contributed by atoms with van der Waals surface area (Å²) >= 11 is 5.99. The van der Waals surface area contributed by atoms with E-state index in [0.717, 1.165) is 31.0 Å². The van der Waals surface area contributed by atoms with E-state index in [1.807, 2.05) is 6.92 Å². The van der Waals surface area contributed by atoms with Gasteiger partial charge in [-0.3, -0.25) is 0 Å². The molecule has 1 N–H and O–H groups in total. The van der Waals surface area contributed by atoms with Crippen molar-refractivity contribution >= 4 is 17.4 Å². The first-order valence-corrected chi connectivity index (χ1v) is 5.79. The van der Waals surface area contributed by atoms with Crippen molar-refractivity contribution in [3.05, 3.63) is 17.0 Å². The lowest BCUT2D eigenvalue weighted by molar-refractivity contribution is 0.164. The second-order valence-corrected chi connectivity index (χ2v) is 4.14. The van der Waals surface area contributed by atoms with Gasteiger partial charge >= 0.3 is 0 Å². The zero-order valence-corrected chi connectivity index (χ0v) is 10.7. The maximum absolute atomic E-state index is 5.99. The number of nitrogens with zero attached hydrogens (tertiary/aromatic N) is 2. The normalized spacial score (nSPS) is 12.5. The van der Waals surface area contributed by atoms with Crippen molar-refractivity contribution in [3.8, 4) is 0 Å². The summed E-state index contributed by atoms with van der Waals surface area (Å²) in [6.45, 7) is 5.70. The second-order valence-electron chi connectivity index (χ2n) is 3.79. The maximum atomic E-state index is 5.99. The Bertz CT molecular complexity index is 333. The van der Waals surface area contributed by atoms with Crippen LogP contribution in [0.1, 0.15) is 19.4 Å². The molecule has 4 nitrogen and oxygen atoms in total. The van der Waals surface area contributed by atoms with E-state index >= 15 is 0 Å². The fourth-order valence-corrected chi connectivity index (χ4v) is 1.74. The summed E-state index contributed by atoms with van der Waals surface area (Å²) in [6.07, 6.45) is 2.30. The molecule has 0 saturated heterocycles. The molecule has 5 heteroatoms. The summed E-state index contributed by atoms with van der Waals surface area (Å²) in [5, 5.41) is 3.80. The number of hydrogen-bond acceptors (Lipinski definition) is 4. The smallest absolute Gasteiger partial charge is 0.137 e. The Morgan fingerprint density at radius 1 is 1.50 bits per heavy atom. The Labute approximate surface area is 101 Å². The van der Waals surface area contributed by atoms with E-state index in [-0.39, 0.29) is 0 Å². The lowest BCUT2D eigenvalue weighted by atomic mass is 10.2. The molecule has 0 aliphatic heterocycles. The van der Waals surface area contributed by atoms with Crippen molar-refractivity contribution < 1.29 is 4.74 Å². The largest absolute Gasteiger partial charge is 0.384 e. The molecule has 1 aromatic rings. The third-order valence-corrected chi connectivity index (χ3v) is 2.64. The Kier molecular flexibility index (Phi) is 5.49. The zero-order valence-electron chi connectivity index (χ0n) is 9.96. The van der Waals surface area contributed by atoms with E-state index in [4.69, 9.17) is 16.3 Å². The van der Waals surface area contributed by atoms with Gasteiger partial charge < -0.3 is 10.1 Å². The monoisotopic (exact) mass is 243 g/mol. The molecule has 1 rings (SSSR count). The van der Waals surface area contributed by atoms with Gasteiger partial charge in [-0.05, 0) is 12.3 Å². The highest BCUT2D eigenvalue weighted by Gasteiger charge is 2.08. The Morgan fingerprint density at radius 3 is 2.88 bits per heavy atom. The number of anilines is 1. The van der Waals surface area contributed by atoms with E-state index < -0.39 is 0 Å². The average molecular weight is 244 g/mol. The third-order valence-electron chi connectivity index (χ3n) is 2.32. The third kappa shape index (κ3) is 3.61. The fraction of sp³-hybridized carbons (Fsp3) is 0.636. The van der Waals surface area contributed by atoms with Crippen LogP contribution in [0.5, 0.6) is 0 Å². The van der Waals surface area contributed by atoms with Crippen molar-refractivity contribution in [3.63, 3.8) is 0 Å². The predicted molar refractivity (Wildman–Crippen MR) is 65.9 cm³/mol. The van der Waals surface area contributed by atoms with Gasteiger partial charge in [-0.25, -0.2) is 9.97 Å². The number of halogens is 1. The van der Waals surface area contributed by atoms with Gasteiger partial charge in [-0.2, -0.15) is 0 Å². The van der Waals surface area contributed by atoms with Crippen LogP contribution in [0.4, 0.5) is 5.82 Å². The van der Waals surface area contributed by atoms with Crippen LogP contribution in [0.25, 0.3) is 0 Å². The minimum Gasteiger partial charge on any atom is -0.384 e. The number of rotatable bonds is 6. The van der Waals surface area contributed by atoms with E-state index in [2.05, 4.69) is 22.2 Å². The molecule has 0 aliphatic carbocycles. The first-order chi connectivity index (χ1) is 7.69. The lowest BCUT2D eigenvalue weighted by Crippen LogP contribution is -2.17. The minimum atomic E-state index is 0.434. The highest BCUT2D eigenvalue weighted by Crippen LogP contribution is 2.20. The molecule has 16 heavy (non-hydrogen) atoms. The summed E-state index contributed by atoms with van der Waals surface area (Å²) in [5.74, 6) is 1.26. The van der Waals surface area contributed by atoms with Crippen molar-refractivity contribution in [1.82, 2.24) is 9.97 Å². The Balaban J connectivity index is 2.63. The molecule has 0 aliphatic rings. The van der Waals surface area contributed by atoms with Crippen molar-refractivity contribution in [2.45, 2.75) is 20.3 Å². The van der Waals surface area contributed by atoms with E-state index in [9.17, 15) is 0 Å².